The van der Waals surface area contributed by atoms with E-state index < -0.39 is 9.53 Å². The van der Waals surface area contributed by atoms with Crippen LogP contribution in [0.15, 0.2) is 0 Å². The summed E-state index contributed by atoms with van der Waals surface area (Å²) in [6, 6.07) is 0. The molecule has 4 heteroatoms. The van der Waals surface area contributed by atoms with Crippen LogP contribution in [0.25, 0.3) is 0 Å². The predicted octanol–water partition coefficient (Wildman–Crippen LogP) is 4.71. The molecule has 122 valence electrons. The van der Waals surface area contributed by atoms with Crippen LogP contribution in [0.3, 0.4) is 0 Å². The zero-order valence-electron chi connectivity index (χ0n) is 14.0. The Morgan fingerprint density at radius 3 is 0.850 bits per heavy atom. The molecule has 1 rings (SSSR count). The van der Waals surface area contributed by atoms with Crippen molar-refractivity contribution in [1.82, 2.24) is 0 Å². The van der Waals surface area contributed by atoms with E-state index in [0.717, 1.165) is 0 Å². The van der Waals surface area contributed by atoms with E-state index in [2.05, 4.69) is 0 Å². The summed E-state index contributed by atoms with van der Waals surface area (Å²) in [5.41, 5.74) is 0. The minimum Gasteiger partial charge on any atom is -0.376 e. The molecule has 1 saturated carbocycles. The molecule has 0 heterocycles. The van der Waals surface area contributed by atoms with Gasteiger partial charge < -0.3 is 13.3 Å². The second kappa shape index (κ2) is 17.1. The molecule has 1 fully saturated rings. The Morgan fingerprint density at radius 1 is 0.500 bits per heavy atom. The summed E-state index contributed by atoms with van der Waals surface area (Å²) in [5, 5.41) is 0. The molecule has 1 aliphatic carbocycles. The van der Waals surface area contributed by atoms with Crippen LogP contribution >= 0.6 is 0 Å². The third-order valence-electron chi connectivity index (χ3n) is 3.41. The maximum absolute atomic E-state index is 5.22. The maximum atomic E-state index is 5.22. The number of hydrogen-bond donors (Lipinski definition) is 0. The minimum atomic E-state index is -1.73. The van der Waals surface area contributed by atoms with E-state index in [4.69, 9.17) is 13.3 Å². The first-order chi connectivity index (χ1) is 9.85. The molecular formula is C16H36O3Si. The molecule has 0 radical (unpaired) electrons. The van der Waals surface area contributed by atoms with Crippen LogP contribution in [0, 0.1) is 0 Å². The fourth-order valence-corrected chi connectivity index (χ4v) is 3.43. The van der Waals surface area contributed by atoms with Crippen LogP contribution < -0.4 is 0 Å². The van der Waals surface area contributed by atoms with Crippen molar-refractivity contribution in [3.8, 4) is 0 Å². The summed E-state index contributed by atoms with van der Waals surface area (Å²) < 4.78 is 15.7. The molecule has 0 aliphatic heterocycles. The predicted molar refractivity (Wildman–Crippen MR) is 88.2 cm³/mol. The molecule has 0 aromatic carbocycles. The van der Waals surface area contributed by atoms with Gasteiger partial charge in [-0.25, -0.2) is 0 Å². The van der Waals surface area contributed by atoms with Crippen molar-refractivity contribution in [2.24, 2.45) is 0 Å². The molecule has 0 aromatic heterocycles. The van der Waals surface area contributed by atoms with Crippen LogP contribution in [0.4, 0.5) is 0 Å². The van der Waals surface area contributed by atoms with Gasteiger partial charge in [0.1, 0.15) is 0 Å². The van der Waals surface area contributed by atoms with Crippen molar-refractivity contribution in [2.45, 2.75) is 85.0 Å². The summed E-state index contributed by atoms with van der Waals surface area (Å²) in [4.78, 5) is 0. The smallest absolute Gasteiger partial charge is 0.376 e. The van der Waals surface area contributed by atoms with Gasteiger partial charge in [-0.15, -0.1) is 0 Å². The van der Waals surface area contributed by atoms with E-state index in [1.807, 2.05) is 20.8 Å². The van der Waals surface area contributed by atoms with Crippen molar-refractivity contribution >= 4 is 9.53 Å². The lowest BCUT2D eigenvalue weighted by molar-refractivity contribution is 0.107. The Hall–Kier alpha value is 0.0969. The second-order valence-corrected chi connectivity index (χ2v) is 6.77. The van der Waals surface area contributed by atoms with Crippen molar-refractivity contribution in [3.63, 3.8) is 0 Å². The third kappa shape index (κ3) is 14.5. The van der Waals surface area contributed by atoms with Crippen LogP contribution in [0.2, 0.25) is 0 Å². The van der Waals surface area contributed by atoms with Gasteiger partial charge in [-0.3, -0.25) is 0 Å². The Labute approximate surface area is 128 Å². The van der Waals surface area contributed by atoms with E-state index in [9.17, 15) is 0 Å². The van der Waals surface area contributed by atoms with Crippen molar-refractivity contribution in [3.05, 3.63) is 0 Å². The maximum Gasteiger partial charge on any atom is 0.484 e. The Balaban J connectivity index is 0.000000361. The van der Waals surface area contributed by atoms with Crippen molar-refractivity contribution in [2.75, 3.05) is 19.8 Å². The second-order valence-electron chi connectivity index (χ2n) is 5.19. The normalized spacial score (nSPS) is 17.4. The SMILES string of the molecule is C1CCCCCCCCC1.CCO[SiH](OCC)OCC. The van der Waals surface area contributed by atoms with Gasteiger partial charge in [-0.1, -0.05) is 64.2 Å². The first kappa shape index (κ1) is 20.1. The van der Waals surface area contributed by atoms with E-state index in [-0.39, 0.29) is 0 Å². The Bertz CT molecular complexity index is 132. The molecule has 0 saturated heterocycles. The largest absolute Gasteiger partial charge is 0.484 e. The summed E-state index contributed by atoms with van der Waals surface area (Å²) in [6.45, 7) is 7.86. The molecule has 0 bridgehead atoms. The fourth-order valence-electron chi connectivity index (χ4n) is 2.32. The van der Waals surface area contributed by atoms with E-state index in [1.165, 1.54) is 64.2 Å². The molecule has 0 amide bonds. The lowest BCUT2D eigenvalue weighted by atomic mass is 10.0. The zero-order chi connectivity index (χ0) is 14.9. The van der Waals surface area contributed by atoms with E-state index >= 15 is 0 Å². The molecule has 3 nitrogen and oxygen atoms in total. The van der Waals surface area contributed by atoms with Gasteiger partial charge in [-0.05, 0) is 20.8 Å². The molecule has 1 aliphatic rings. The third-order valence-corrected chi connectivity index (χ3v) is 5.22. The van der Waals surface area contributed by atoms with Crippen LogP contribution in [-0.2, 0) is 13.3 Å². The summed E-state index contributed by atoms with van der Waals surface area (Å²) in [7, 11) is -1.73. The topological polar surface area (TPSA) is 27.7 Å². The Kier molecular flexibility index (Phi) is 17.2. The highest BCUT2D eigenvalue weighted by molar-refractivity contribution is 6.36. The number of rotatable bonds is 6. The van der Waals surface area contributed by atoms with E-state index in [0.29, 0.717) is 19.8 Å². The average molecular weight is 305 g/mol. The Morgan fingerprint density at radius 2 is 0.700 bits per heavy atom. The van der Waals surface area contributed by atoms with Gasteiger partial charge in [0.05, 0.1) is 0 Å². The summed E-state index contributed by atoms with van der Waals surface area (Å²) >= 11 is 0. The van der Waals surface area contributed by atoms with Gasteiger partial charge in [0.25, 0.3) is 0 Å². The minimum absolute atomic E-state index is 0.677. The van der Waals surface area contributed by atoms with Crippen LogP contribution in [0.1, 0.15) is 85.0 Å². The van der Waals surface area contributed by atoms with Crippen LogP contribution in [-0.4, -0.2) is 29.3 Å². The summed E-state index contributed by atoms with van der Waals surface area (Å²) in [5.74, 6) is 0. The van der Waals surface area contributed by atoms with Crippen molar-refractivity contribution < 1.29 is 13.3 Å². The molecule has 0 unspecified atom stereocenters. The monoisotopic (exact) mass is 304 g/mol. The van der Waals surface area contributed by atoms with Crippen LogP contribution in [0.5, 0.6) is 0 Å². The first-order valence-corrected chi connectivity index (χ1v) is 10.1. The quantitative estimate of drug-likeness (QED) is 0.665. The molecule has 0 spiro atoms. The van der Waals surface area contributed by atoms with Gasteiger partial charge in [-0.2, -0.15) is 0 Å². The van der Waals surface area contributed by atoms with Crippen molar-refractivity contribution in [1.29, 1.82) is 0 Å². The lowest BCUT2D eigenvalue weighted by Crippen LogP contribution is -2.27. The average Bonchev–Trinajstić information content (AvgIpc) is 2.47. The summed E-state index contributed by atoms with van der Waals surface area (Å²) in [6.07, 6.45) is 15.0. The highest BCUT2D eigenvalue weighted by Crippen LogP contribution is 2.15. The standard InChI is InChI=1S/C10H20.C6H16O3Si/c1-2-4-6-8-10-9-7-5-3-1;1-4-7-10(8-5-2)9-6-3/h1-10H2;10H,4-6H2,1-3H3. The molecular weight excluding hydrogens is 268 g/mol. The van der Waals surface area contributed by atoms with E-state index in [1.54, 1.807) is 0 Å². The van der Waals surface area contributed by atoms with Gasteiger partial charge >= 0.3 is 9.53 Å². The molecule has 20 heavy (non-hydrogen) atoms. The fraction of sp³-hybridized carbons (Fsp3) is 1.00. The zero-order valence-corrected chi connectivity index (χ0v) is 15.1. The van der Waals surface area contributed by atoms with Gasteiger partial charge in [0.15, 0.2) is 0 Å². The first-order valence-electron chi connectivity index (χ1n) is 8.69. The molecule has 0 N–H and O–H groups in total. The number of hydrogen-bond acceptors (Lipinski definition) is 3. The highest BCUT2D eigenvalue weighted by Gasteiger charge is 2.11. The van der Waals surface area contributed by atoms with Gasteiger partial charge in [0.2, 0.25) is 0 Å². The molecule has 0 aromatic rings. The molecule has 0 atom stereocenters. The highest BCUT2D eigenvalue weighted by atomic mass is 28.3. The van der Waals surface area contributed by atoms with Gasteiger partial charge in [0, 0.05) is 19.8 Å². The lowest BCUT2D eigenvalue weighted by Gasteiger charge is -2.12.